The molecule has 1 aromatic carbocycles. The van der Waals surface area contributed by atoms with Crippen molar-refractivity contribution in [1.29, 1.82) is 0 Å². The molecular weight excluding hydrogens is 328 g/mol. The highest BCUT2D eigenvalue weighted by atomic mass is 79.9. The molecule has 0 aromatic heterocycles. The number of nitrogens with zero attached hydrogens (tertiary/aromatic N) is 2. The molecule has 0 aliphatic carbocycles. The molecule has 0 N–H and O–H groups in total. The van der Waals surface area contributed by atoms with Crippen LogP contribution in [0, 0.1) is 0 Å². The molecule has 1 aromatic rings. The summed E-state index contributed by atoms with van der Waals surface area (Å²) in [6.45, 7) is 1.19. The normalized spacial score (nSPS) is 21.8. The van der Waals surface area contributed by atoms with Crippen molar-refractivity contribution < 1.29 is 8.42 Å². The van der Waals surface area contributed by atoms with E-state index in [9.17, 15) is 8.42 Å². The van der Waals surface area contributed by atoms with Crippen molar-refractivity contribution in [3.8, 4) is 0 Å². The van der Waals surface area contributed by atoms with Crippen molar-refractivity contribution in [2.45, 2.75) is 23.8 Å². The standard InChI is InChI=1S/C13H19BrN2O2S/c1-15(2)12-4-3-9-16(10-12)19(17,18)13-7-5-11(14)6-8-13/h5-8,12H,3-4,9-10H2,1-2H3. The largest absolute Gasteiger partial charge is 0.305 e. The van der Waals surface area contributed by atoms with Gasteiger partial charge in [0.25, 0.3) is 0 Å². The number of likely N-dealkylation sites (N-methyl/N-ethyl adjacent to an activating group) is 1. The lowest BCUT2D eigenvalue weighted by Gasteiger charge is -2.35. The van der Waals surface area contributed by atoms with Crippen molar-refractivity contribution >= 4 is 26.0 Å². The minimum Gasteiger partial charge on any atom is -0.305 e. The lowest BCUT2D eigenvalue weighted by molar-refractivity contribution is 0.190. The first-order valence-corrected chi connectivity index (χ1v) is 8.57. The third-order valence-electron chi connectivity index (χ3n) is 3.54. The molecule has 1 heterocycles. The molecule has 1 aliphatic heterocycles. The van der Waals surface area contributed by atoms with Crippen LogP contribution < -0.4 is 0 Å². The molecule has 106 valence electrons. The molecule has 0 bridgehead atoms. The molecule has 1 unspecified atom stereocenters. The van der Waals surface area contributed by atoms with E-state index in [0.717, 1.165) is 17.3 Å². The summed E-state index contributed by atoms with van der Waals surface area (Å²) in [4.78, 5) is 2.47. The minimum atomic E-state index is -3.36. The fourth-order valence-electron chi connectivity index (χ4n) is 2.32. The van der Waals surface area contributed by atoms with Gasteiger partial charge in [0.2, 0.25) is 10.0 Å². The number of piperidine rings is 1. The monoisotopic (exact) mass is 346 g/mol. The number of halogens is 1. The summed E-state index contributed by atoms with van der Waals surface area (Å²) >= 11 is 3.32. The molecule has 0 radical (unpaired) electrons. The average molecular weight is 347 g/mol. The Morgan fingerprint density at radius 1 is 1.26 bits per heavy atom. The summed E-state index contributed by atoms with van der Waals surface area (Å²) in [5.74, 6) is 0. The van der Waals surface area contributed by atoms with Crippen molar-refractivity contribution in [1.82, 2.24) is 9.21 Å². The van der Waals surface area contributed by atoms with Crippen LogP contribution in [-0.2, 0) is 10.0 Å². The third-order valence-corrected chi connectivity index (χ3v) is 5.95. The Bertz CT molecular complexity index is 528. The van der Waals surface area contributed by atoms with E-state index in [1.807, 2.05) is 14.1 Å². The Morgan fingerprint density at radius 3 is 2.47 bits per heavy atom. The molecule has 1 fully saturated rings. The number of benzene rings is 1. The molecule has 1 aliphatic rings. The van der Waals surface area contributed by atoms with E-state index >= 15 is 0 Å². The van der Waals surface area contributed by atoms with E-state index in [1.54, 1.807) is 28.6 Å². The van der Waals surface area contributed by atoms with E-state index in [4.69, 9.17) is 0 Å². The van der Waals surface area contributed by atoms with E-state index < -0.39 is 10.0 Å². The molecular formula is C13H19BrN2O2S. The highest BCUT2D eigenvalue weighted by Gasteiger charge is 2.30. The number of sulfonamides is 1. The zero-order chi connectivity index (χ0) is 14.0. The van der Waals surface area contributed by atoms with Crippen LogP contribution in [0.4, 0.5) is 0 Å². The first-order chi connectivity index (χ1) is 8.91. The fourth-order valence-corrected chi connectivity index (χ4v) is 4.10. The van der Waals surface area contributed by atoms with Crippen LogP contribution in [0.3, 0.4) is 0 Å². The first-order valence-electron chi connectivity index (χ1n) is 6.33. The van der Waals surface area contributed by atoms with Gasteiger partial charge in [-0.15, -0.1) is 0 Å². The van der Waals surface area contributed by atoms with Gasteiger partial charge in [-0.2, -0.15) is 4.31 Å². The molecule has 0 saturated carbocycles. The predicted molar refractivity (Wildman–Crippen MR) is 79.6 cm³/mol. The summed E-state index contributed by atoms with van der Waals surface area (Å²) in [5, 5.41) is 0. The van der Waals surface area contributed by atoms with Gasteiger partial charge in [-0.3, -0.25) is 0 Å². The Kier molecular flexibility index (Phi) is 4.66. The van der Waals surface area contributed by atoms with E-state index in [0.29, 0.717) is 24.0 Å². The second-order valence-electron chi connectivity index (χ2n) is 5.08. The predicted octanol–water partition coefficient (Wildman–Crippen LogP) is 2.16. The highest BCUT2D eigenvalue weighted by Crippen LogP contribution is 2.23. The minimum absolute atomic E-state index is 0.305. The van der Waals surface area contributed by atoms with Gasteiger partial charge in [-0.1, -0.05) is 15.9 Å². The van der Waals surface area contributed by atoms with E-state index in [2.05, 4.69) is 20.8 Å². The van der Waals surface area contributed by atoms with Crippen molar-refractivity contribution in [3.05, 3.63) is 28.7 Å². The van der Waals surface area contributed by atoms with Gasteiger partial charge in [-0.25, -0.2) is 8.42 Å². The zero-order valence-electron chi connectivity index (χ0n) is 11.2. The molecule has 6 heteroatoms. The SMILES string of the molecule is CN(C)C1CCCN(S(=O)(=O)c2ccc(Br)cc2)C1. The van der Waals surface area contributed by atoms with Crippen molar-refractivity contribution in [3.63, 3.8) is 0 Å². The van der Waals surface area contributed by atoms with Crippen LogP contribution in [0.1, 0.15) is 12.8 Å². The van der Waals surface area contributed by atoms with Gasteiger partial charge in [0.15, 0.2) is 0 Å². The van der Waals surface area contributed by atoms with Gasteiger partial charge in [0.05, 0.1) is 4.90 Å². The van der Waals surface area contributed by atoms with Crippen LogP contribution in [-0.4, -0.2) is 50.8 Å². The van der Waals surface area contributed by atoms with Gasteiger partial charge < -0.3 is 4.90 Å². The van der Waals surface area contributed by atoms with E-state index in [-0.39, 0.29) is 0 Å². The summed E-state index contributed by atoms with van der Waals surface area (Å²) in [7, 11) is 0.641. The molecule has 1 atom stereocenters. The summed E-state index contributed by atoms with van der Waals surface area (Å²) in [5.41, 5.74) is 0. The van der Waals surface area contributed by atoms with Crippen LogP contribution >= 0.6 is 15.9 Å². The maximum absolute atomic E-state index is 12.6. The summed E-state index contributed by atoms with van der Waals surface area (Å²) in [6.07, 6.45) is 1.97. The molecule has 19 heavy (non-hydrogen) atoms. The lowest BCUT2D eigenvalue weighted by atomic mass is 10.1. The lowest BCUT2D eigenvalue weighted by Crippen LogP contribution is -2.47. The molecule has 4 nitrogen and oxygen atoms in total. The number of rotatable bonds is 3. The quantitative estimate of drug-likeness (QED) is 0.841. The number of hydrogen-bond acceptors (Lipinski definition) is 3. The fraction of sp³-hybridized carbons (Fsp3) is 0.538. The molecule has 0 spiro atoms. The Balaban J connectivity index is 2.22. The maximum atomic E-state index is 12.6. The smallest absolute Gasteiger partial charge is 0.243 e. The van der Waals surface area contributed by atoms with Gasteiger partial charge in [-0.05, 0) is 51.2 Å². The first kappa shape index (κ1) is 15.0. The summed E-state index contributed by atoms with van der Waals surface area (Å²) in [6, 6.07) is 7.14. The van der Waals surface area contributed by atoms with Crippen LogP contribution in [0.15, 0.2) is 33.6 Å². The van der Waals surface area contributed by atoms with Crippen LogP contribution in [0.2, 0.25) is 0 Å². The third kappa shape index (κ3) is 3.37. The Hall–Kier alpha value is -0.430. The second-order valence-corrected chi connectivity index (χ2v) is 7.93. The van der Waals surface area contributed by atoms with Gasteiger partial charge in [0, 0.05) is 23.6 Å². The van der Waals surface area contributed by atoms with Crippen molar-refractivity contribution in [2.75, 3.05) is 27.2 Å². The molecule has 2 rings (SSSR count). The number of hydrogen-bond donors (Lipinski definition) is 0. The van der Waals surface area contributed by atoms with Gasteiger partial charge >= 0.3 is 0 Å². The topological polar surface area (TPSA) is 40.6 Å². The average Bonchev–Trinajstić information content (AvgIpc) is 2.39. The Labute approximate surface area is 123 Å². The molecule has 1 saturated heterocycles. The maximum Gasteiger partial charge on any atom is 0.243 e. The second kappa shape index (κ2) is 5.91. The van der Waals surface area contributed by atoms with Crippen molar-refractivity contribution in [2.24, 2.45) is 0 Å². The summed E-state index contributed by atoms with van der Waals surface area (Å²) < 4.78 is 27.6. The van der Waals surface area contributed by atoms with Crippen LogP contribution in [0.25, 0.3) is 0 Å². The zero-order valence-corrected chi connectivity index (χ0v) is 13.6. The van der Waals surface area contributed by atoms with Gasteiger partial charge in [0.1, 0.15) is 0 Å². The van der Waals surface area contributed by atoms with E-state index in [1.165, 1.54) is 0 Å². The Morgan fingerprint density at radius 2 is 1.89 bits per heavy atom. The van der Waals surface area contributed by atoms with Crippen LogP contribution in [0.5, 0.6) is 0 Å². The highest BCUT2D eigenvalue weighted by molar-refractivity contribution is 9.10. The molecule has 0 amide bonds.